The highest BCUT2D eigenvalue weighted by atomic mass is 19.4. The zero-order chi connectivity index (χ0) is 16.3. The van der Waals surface area contributed by atoms with Gasteiger partial charge in [0.05, 0.1) is 5.70 Å². The third-order valence-electron chi connectivity index (χ3n) is 2.46. The second-order valence-electron chi connectivity index (χ2n) is 4.01. The van der Waals surface area contributed by atoms with E-state index in [1.807, 2.05) is 5.32 Å². The number of hydrogen-bond donors (Lipinski definition) is 3. The lowest BCUT2D eigenvalue weighted by Crippen LogP contribution is -2.39. The number of aliphatic imine (C=N–C) groups is 1. The summed E-state index contributed by atoms with van der Waals surface area (Å²) in [5.74, 6) is 0. The van der Waals surface area contributed by atoms with Crippen LogP contribution in [0.2, 0.25) is 0 Å². The lowest BCUT2D eigenvalue weighted by Gasteiger charge is -2.20. The summed E-state index contributed by atoms with van der Waals surface area (Å²) < 4.78 is 74.1. The van der Waals surface area contributed by atoms with Crippen molar-refractivity contribution in [3.05, 3.63) is 35.3 Å². The van der Waals surface area contributed by atoms with Gasteiger partial charge in [-0.05, 0) is 6.08 Å². The largest absolute Gasteiger partial charge is 0.431 e. The van der Waals surface area contributed by atoms with E-state index in [0.29, 0.717) is 0 Å². The van der Waals surface area contributed by atoms with Crippen LogP contribution >= 0.6 is 0 Å². The summed E-state index contributed by atoms with van der Waals surface area (Å²) in [7, 11) is 0. The number of halogens is 6. The van der Waals surface area contributed by atoms with Gasteiger partial charge in [0.15, 0.2) is 0 Å². The summed E-state index contributed by atoms with van der Waals surface area (Å²) in [6.07, 6.45) is -5.68. The lowest BCUT2D eigenvalue weighted by molar-refractivity contribution is -0.142. The Morgan fingerprint density at radius 2 is 1.90 bits per heavy atom. The summed E-state index contributed by atoms with van der Waals surface area (Å²) in [4.78, 5) is 3.61. The first-order valence-electron chi connectivity index (χ1n) is 5.56. The number of nitrogens with zero attached hydrogens (tertiary/aromatic N) is 1. The predicted octanol–water partition coefficient (Wildman–Crippen LogP) is 1.72. The highest BCUT2D eigenvalue weighted by Crippen LogP contribution is 2.25. The minimum absolute atomic E-state index is 0.0106. The van der Waals surface area contributed by atoms with Crippen molar-refractivity contribution in [2.45, 2.75) is 18.4 Å². The van der Waals surface area contributed by atoms with Crippen LogP contribution in [0, 0.1) is 0 Å². The van der Waals surface area contributed by atoms with Crippen molar-refractivity contribution in [3.63, 3.8) is 0 Å². The smallest absolute Gasteiger partial charge is 0.394 e. The minimum Gasteiger partial charge on any atom is -0.394 e. The highest BCUT2D eigenvalue weighted by Gasteiger charge is 2.38. The fourth-order valence-electron chi connectivity index (χ4n) is 1.32. The SMILES string of the molecule is NCC(C=NC1=CNC(C(F)(F)F)C=C1)=C(N)C(F)(F)F. The minimum atomic E-state index is -4.75. The Morgan fingerprint density at radius 3 is 2.29 bits per heavy atom. The molecular formula is C11H12F6N4. The van der Waals surface area contributed by atoms with Crippen LogP contribution in [-0.2, 0) is 0 Å². The van der Waals surface area contributed by atoms with E-state index in [-0.39, 0.29) is 5.70 Å². The van der Waals surface area contributed by atoms with Gasteiger partial charge in [0, 0.05) is 24.5 Å². The lowest BCUT2D eigenvalue weighted by atomic mass is 10.2. The van der Waals surface area contributed by atoms with Gasteiger partial charge in [0.2, 0.25) is 0 Å². The van der Waals surface area contributed by atoms with Crippen LogP contribution in [0.15, 0.2) is 40.3 Å². The van der Waals surface area contributed by atoms with E-state index in [1.54, 1.807) is 0 Å². The molecule has 5 N–H and O–H groups in total. The first-order chi connectivity index (χ1) is 9.55. The van der Waals surface area contributed by atoms with E-state index < -0.39 is 36.2 Å². The van der Waals surface area contributed by atoms with Crippen molar-refractivity contribution in [3.8, 4) is 0 Å². The van der Waals surface area contributed by atoms with E-state index in [9.17, 15) is 26.3 Å². The molecule has 21 heavy (non-hydrogen) atoms. The van der Waals surface area contributed by atoms with Gasteiger partial charge in [-0.2, -0.15) is 26.3 Å². The number of allylic oxidation sites excluding steroid dienone is 2. The Morgan fingerprint density at radius 1 is 1.29 bits per heavy atom. The van der Waals surface area contributed by atoms with Crippen LogP contribution in [0.5, 0.6) is 0 Å². The van der Waals surface area contributed by atoms with Crippen molar-refractivity contribution in [1.82, 2.24) is 5.32 Å². The van der Waals surface area contributed by atoms with Gasteiger partial charge in [0.25, 0.3) is 0 Å². The monoisotopic (exact) mass is 314 g/mol. The van der Waals surface area contributed by atoms with Crippen LogP contribution in [0.4, 0.5) is 26.3 Å². The quantitative estimate of drug-likeness (QED) is 0.548. The van der Waals surface area contributed by atoms with Gasteiger partial charge in [-0.3, -0.25) is 4.99 Å². The standard InChI is InChI=1S/C11H12F6N4/c12-10(13,14)8-2-1-7(5-21-8)20-4-6(3-18)9(19)11(15,16)17/h1-2,4-5,8,21H,3,18-19H2. The molecular weight excluding hydrogens is 302 g/mol. The molecule has 1 unspecified atom stereocenters. The third kappa shape index (κ3) is 4.81. The molecule has 118 valence electrons. The van der Waals surface area contributed by atoms with E-state index in [0.717, 1.165) is 24.6 Å². The average molecular weight is 314 g/mol. The number of nitrogens with one attached hydrogen (secondary N) is 1. The van der Waals surface area contributed by atoms with E-state index in [1.165, 1.54) is 0 Å². The topological polar surface area (TPSA) is 76.4 Å². The van der Waals surface area contributed by atoms with Crippen LogP contribution in [0.1, 0.15) is 0 Å². The number of nitrogens with two attached hydrogens (primary N) is 2. The molecule has 0 amide bonds. The van der Waals surface area contributed by atoms with Crippen LogP contribution in [0.3, 0.4) is 0 Å². The third-order valence-corrected chi connectivity index (χ3v) is 2.46. The van der Waals surface area contributed by atoms with Crippen LogP contribution in [0.25, 0.3) is 0 Å². The van der Waals surface area contributed by atoms with Crippen LogP contribution in [-0.4, -0.2) is 31.2 Å². The summed E-state index contributed by atoms with van der Waals surface area (Å²) in [5, 5.41) is 2.02. The van der Waals surface area contributed by atoms with E-state index in [2.05, 4.69) is 4.99 Å². The van der Waals surface area contributed by atoms with Crippen molar-refractivity contribution in [2.75, 3.05) is 6.54 Å². The van der Waals surface area contributed by atoms with Crippen molar-refractivity contribution < 1.29 is 26.3 Å². The molecule has 0 aromatic rings. The van der Waals surface area contributed by atoms with Crippen LogP contribution < -0.4 is 16.8 Å². The molecule has 0 aromatic heterocycles. The number of rotatable bonds is 3. The Hall–Kier alpha value is -1.97. The Bertz CT molecular complexity index is 498. The molecule has 1 aliphatic heterocycles. The summed E-state index contributed by atoms with van der Waals surface area (Å²) >= 11 is 0. The molecule has 0 radical (unpaired) electrons. The Balaban J connectivity index is 2.84. The van der Waals surface area contributed by atoms with Gasteiger partial charge in [0.1, 0.15) is 11.7 Å². The Kier molecular flexibility index (Phi) is 5.05. The van der Waals surface area contributed by atoms with Crippen molar-refractivity contribution in [1.29, 1.82) is 0 Å². The second-order valence-corrected chi connectivity index (χ2v) is 4.01. The molecule has 0 spiro atoms. The maximum absolute atomic E-state index is 12.4. The van der Waals surface area contributed by atoms with Gasteiger partial charge in [-0.1, -0.05) is 6.08 Å². The molecule has 1 heterocycles. The molecule has 1 atom stereocenters. The highest BCUT2D eigenvalue weighted by molar-refractivity contribution is 5.81. The molecule has 1 aliphatic rings. The maximum atomic E-state index is 12.4. The first kappa shape index (κ1) is 17.1. The van der Waals surface area contributed by atoms with Crippen molar-refractivity contribution in [2.24, 2.45) is 16.5 Å². The summed E-state index contributed by atoms with van der Waals surface area (Å²) in [6.45, 7) is -0.509. The second kappa shape index (κ2) is 6.20. The number of dihydropyridines is 1. The zero-order valence-electron chi connectivity index (χ0n) is 10.5. The fourth-order valence-corrected chi connectivity index (χ4v) is 1.32. The molecule has 0 saturated carbocycles. The van der Waals surface area contributed by atoms with Gasteiger partial charge < -0.3 is 16.8 Å². The molecule has 4 nitrogen and oxygen atoms in total. The summed E-state index contributed by atoms with van der Waals surface area (Å²) in [5.41, 5.74) is 8.17. The molecule has 0 aromatic carbocycles. The maximum Gasteiger partial charge on any atom is 0.431 e. The average Bonchev–Trinajstić information content (AvgIpc) is 2.37. The molecule has 0 aliphatic carbocycles. The summed E-state index contributed by atoms with van der Waals surface area (Å²) in [6, 6.07) is -1.86. The first-order valence-corrected chi connectivity index (χ1v) is 5.56. The fraction of sp³-hybridized carbons (Fsp3) is 0.364. The van der Waals surface area contributed by atoms with Gasteiger partial charge in [-0.25, -0.2) is 0 Å². The number of alkyl halides is 6. The van der Waals surface area contributed by atoms with E-state index in [4.69, 9.17) is 11.5 Å². The predicted molar refractivity (Wildman–Crippen MR) is 65.0 cm³/mol. The Labute approximate surface area is 115 Å². The molecule has 0 saturated heterocycles. The zero-order valence-corrected chi connectivity index (χ0v) is 10.5. The molecule has 10 heteroatoms. The molecule has 0 fully saturated rings. The van der Waals surface area contributed by atoms with E-state index >= 15 is 0 Å². The van der Waals surface area contributed by atoms with Gasteiger partial charge in [-0.15, -0.1) is 0 Å². The molecule has 0 bridgehead atoms. The normalized spacial score (nSPS) is 21.1. The van der Waals surface area contributed by atoms with Gasteiger partial charge >= 0.3 is 12.4 Å². The number of hydrogen-bond acceptors (Lipinski definition) is 4. The van der Waals surface area contributed by atoms with Crippen molar-refractivity contribution >= 4 is 6.21 Å². The molecule has 1 rings (SSSR count).